The molecule has 0 radical (unpaired) electrons. The first kappa shape index (κ1) is 17.2. The Labute approximate surface area is 136 Å². The smallest absolute Gasteiger partial charge is 0.313 e. The summed E-state index contributed by atoms with van der Waals surface area (Å²) in [5, 5.41) is 14.3. The Morgan fingerprint density at radius 2 is 2.00 bits per heavy atom. The van der Waals surface area contributed by atoms with Gasteiger partial charge >= 0.3 is 11.8 Å². The maximum absolute atomic E-state index is 11.8. The molecule has 3 N–H and O–H groups in total. The second kappa shape index (κ2) is 7.24. The molecule has 0 unspecified atom stereocenters. The molecule has 0 saturated heterocycles. The van der Waals surface area contributed by atoms with Gasteiger partial charge in [-0.2, -0.15) is 0 Å². The van der Waals surface area contributed by atoms with Gasteiger partial charge in [0.25, 0.3) is 0 Å². The minimum Gasteiger partial charge on any atom is -0.396 e. The Morgan fingerprint density at radius 3 is 2.60 bits per heavy atom. The van der Waals surface area contributed by atoms with Crippen LogP contribution in [0.5, 0.6) is 0 Å². The molecule has 1 rings (SSSR count). The largest absolute Gasteiger partial charge is 0.396 e. The molecule has 7 heteroatoms. The van der Waals surface area contributed by atoms with Crippen molar-refractivity contribution in [2.75, 3.05) is 11.9 Å². The van der Waals surface area contributed by atoms with E-state index in [4.69, 9.17) is 16.7 Å². The van der Waals surface area contributed by atoms with Gasteiger partial charge in [-0.3, -0.25) is 9.59 Å². The van der Waals surface area contributed by atoms with Crippen molar-refractivity contribution >= 4 is 51.7 Å². The fourth-order valence-corrected chi connectivity index (χ4v) is 2.13. The lowest BCUT2D eigenvalue weighted by molar-refractivity contribution is -0.137. The quantitative estimate of drug-likeness (QED) is 0.526. The third-order valence-electron chi connectivity index (χ3n) is 2.57. The summed E-state index contributed by atoms with van der Waals surface area (Å²) in [4.78, 5) is 23.6. The molecule has 0 saturated carbocycles. The first-order valence-electron chi connectivity index (χ1n) is 5.94. The van der Waals surface area contributed by atoms with Crippen molar-refractivity contribution in [3.8, 4) is 0 Å². The molecule has 0 fully saturated rings. The monoisotopic (exact) mass is 410 g/mol. The van der Waals surface area contributed by atoms with E-state index in [0.29, 0.717) is 17.1 Å². The van der Waals surface area contributed by atoms with Crippen molar-refractivity contribution in [1.82, 2.24) is 5.32 Å². The number of hydrogen-bond donors (Lipinski definition) is 3. The first-order chi connectivity index (χ1) is 9.25. The number of anilines is 1. The summed E-state index contributed by atoms with van der Waals surface area (Å²) in [6, 6.07) is 5.11. The molecule has 2 amide bonds. The third-order valence-corrected chi connectivity index (χ3v) is 3.57. The SMILES string of the molecule is CC(C)(CCO)NC(=O)C(=O)Nc1cc(I)ccc1Cl. The fourth-order valence-electron chi connectivity index (χ4n) is 1.48. The predicted octanol–water partition coefficient (Wildman–Crippen LogP) is 2.16. The molecule has 0 atom stereocenters. The average Bonchev–Trinajstić information content (AvgIpc) is 2.33. The zero-order chi connectivity index (χ0) is 15.3. The van der Waals surface area contributed by atoms with E-state index in [1.165, 1.54) is 0 Å². The predicted molar refractivity (Wildman–Crippen MR) is 86.7 cm³/mol. The van der Waals surface area contributed by atoms with Crippen LogP contribution in [0.4, 0.5) is 5.69 Å². The lowest BCUT2D eigenvalue weighted by Gasteiger charge is -2.24. The maximum atomic E-state index is 11.8. The van der Waals surface area contributed by atoms with Crippen LogP contribution in [0.25, 0.3) is 0 Å². The van der Waals surface area contributed by atoms with Crippen LogP contribution >= 0.6 is 34.2 Å². The van der Waals surface area contributed by atoms with Crippen molar-refractivity contribution in [2.45, 2.75) is 25.8 Å². The molecular formula is C13H16ClIN2O3. The minimum absolute atomic E-state index is 0.0718. The highest BCUT2D eigenvalue weighted by Gasteiger charge is 2.24. The number of rotatable bonds is 4. The van der Waals surface area contributed by atoms with Crippen LogP contribution in [0.1, 0.15) is 20.3 Å². The van der Waals surface area contributed by atoms with Crippen LogP contribution < -0.4 is 10.6 Å². The summed E-state index contributed by atoms with van der Waals surface area (Å²) >= 11 is 8.03. The van der Waals surface area contributed by atoms with Gasteiger partial charge in [0.15, 0.2) is 0 Å². The number of nitrogens with one attached hydrogen (secondary N) is 2. The molecule has 0 aliphatic carbocycles. The van der Waals surface area contributed by atoms with E-state index in [0.717, 1.165) is 3.57 Å². The van der Waals surface area contributed by atoms with Crippen LogP contribution in [0, 0.1) is 3.57 Å². The Bertz CT molecular complexity index is 520. The van der Waals surface area contributed by atoms with Gasteiger partial charge in [-0.25, -0.2) is 0 Å². The summed E-state index contributed by atoms with van der Waals surface area (Å²) in [6.45, 7) is 3.39. The van der Waals surface area contributed by atoms with Crippen molar-refractivity contribution in [3.05, 3.63) is 26.8 Å². The zero-order valence-corrected chi connectivity index (χ0v) is 14.1. The van der Waals surface area contributed by atoms with Crippen LogP contribution in [-0.4, -0.2) is 29.1 Å². The van der Waals surface area contributed by atoms with Crippen molar-refractivity contribution < 1.29 is 14.7 Å². The van der Waals surface area contributed by atoms with Gasteiger partial charge in [-0.15, -0.1) is 0 Å². The van der Waals surface area contributed by atoms with Gasteiger partial charge in [0, 0.05) is 15.7 Å². The molecule has 0 aliphatic rings. The average molecular weight is 411 g/mol. The number of carbonyl (C=O) groups excluding carboxylic acids is 2. The third kappa shape index (κ3) is 5.26. The van der Waals surface area contributed by atoms with Crippen LogP contribution in [0.2, 0.25) is 5.02 Å². The van der Waals surface area contributed by atoms with Crippen molar-refractivity contribution in [3.63, 3.8) is 0 Å². The number of aliphatic hydroxyl groups excluding tert-OH is 1. The Morgan fingerprint density at radius 1 is 1.35 bits per heavy atom. The van der Waals surface area contributed by atoms with E-state index in [-0.39, 0.29) is 6.61 Å². The second-order valence-electron chi connectivity index (χ2n) is 4.89. The maximum Gasteiger partial charge on any atom is 0.313 e. The zero-order valence-electron chi connectivity index (χ0n) is 11.2. The van der Waals surface area contributed by atoms with E-state index in [1.807, 2.05) is 0 Å². The summed E-state index contributed by atoms with van der Waals surface area (Å²) in [5.41, 5.74) is -0.267. The molecule has 5 nitrogen and oxygen atoms in total. The normalized spacial score (nSPS) is 11.1. The van der Waals surface area contributed by atoms with Crippen molar-refractivity contribution in [2.24, 2.45) is 0 Å². The molecule has 1 aromatic carbocycles. The van der Waals surface area contributed by atoms with Gasteiger partial charge < -0.3 is 15.7 Å². The number of carbonyl (C=O) groups is 2. The number of benzene rings is 1. The lowest BCUT2D eigenvalue weighted by atomic mass is 10.0. The molecular weight excluding hydrogens is 395 g/mol. The standard InChI is InChI=1S/C13H16ClIN2O3/c1-13(2,5-6-18)17-12(20)11(19)16-10-7-8(15)3-4-9(10)14/h3-4,7,18H,5-6H2,1-2H3,(H,16,19)(H,17,20). The first-order valence-corrected chi connectivity index (χ1v) is 7.40. The van der Waals surface area contributed by atoms with Gasteiger partial charge in [0.1, 0.15) is 0 Å². The molecule has 0 spiro atoms. The Balaban J connectivity index is 2.71. The van der Waals surface area contributed by atoms with E-state index < -0.39 is 17.4 Å². The van der Waals surface area contributed by atoms with E-state index >= 15 is 0 Å². The highest BCUT2D eigenvalue weighted by Crippen LogP contribution is 2.23. The number of aliphatic hydroxyl groups is 1. The van der Waals surface area contributed by atoms with E-state index in [9.17, 15) is 9.59 Å². The molecule has 0 heterocycles. The summed E-state index contributed by atoms with van der Waals surface area (Å²) in [6.07, 6.45) is 0.357. The van der Waals surface area contributed by atoms with Gasteiger partial charge in [0.2, 0.25) is 0 Å². The lowest BCUT2D eigenvalue weighted by Crippen LogP contribution is -2.48. The fraction of sp³-hybridized carbons (Fsp3) is 0.385. The van der Waals surface area contributed by atoms with E-state index in [2.05, 4.69) is 33.2 Å². The van der Waals surface area contributed by atoms with Gasteiger partial charge in [0.05, 0.1) is 10.7 Å². The number of halogens is 2. The molecule has 110 valence electrons. The second-order valence-corrected chi connectivity index (χ2v) is 6.54. The Hall–Kier alpha value is -0.860. The van der Waals surface area contributed by atoms with Crippen LogP contribution in [-0.2, 0) is 9.59 Å². The van der Waals surface area contributed by atoms with Crippen LogP contribution in [0.15, 0.2) is 18.2 Å². The molecule has 1 aromatic rings. The van der Waals surface area contributed by atoms with Crippen molar-refractivity contribution in [1.29, 1.82) is 0 Å². The summed E-state index contributed by atoms with van der Waals surface area (Å²) in [7, 11) is 0. The summed E-state index contributed by atoms with van der Waals surface area (Å²) < 4.78 is 0.892. The highest BCUT2D eigenvalue weighted by molar-refractivity contribution is 14.1. The topological polar surface area (TPSA) is 78.4 Å². The molecule has 0 bridgehead atoms. The number of hydrogen-bond acceptors (Lipinski definition) is 3. The van der Waals surface area contributed by atoms with Gasteiger partial charge in [-0.05, 0) is 61.1 Å². The Kier molecular flexibility index (Phi) is 6.22. The van der Waals surface area contributed by atoms with Crippen LogP contribution in [0.3, 0.4) is 0 Å². The minimum atomic E-state index is -0.792. The molecule has 0 aliphatic heterocycles. The number of amides is 2. The summed E-state index contributed by atoms with van der Waals surface area (Å²) in [5.74, 6) is -1.56. The highest BCUT2D eigenvalue weighted by atomic mass is 127. The van der Waals surface area contributed by atoms with E-state index in [1.54, 1.807) is 32.0 Å². The molecule has 0 aromatic heterocycles. The van der Waals surface area contributed by atoms with Gasteiger partial charge in [-0.1, -0.05) is 11.6 Å². The molecule has 20 heavy (non-hydrogen) atoms.